The molecular formula is C14H17ClN2S. The summed E-state index contributed by atoms with van der Waals surface area (Å²) in [7, 11) is 0. The topological polar surface area (TPSA) is 20.7 Å². The summed E-state index contributed by atoms with van der Waals surface area (Å²) in [6, 6.07) is 5.94. The molecule has 0 radical (unpaired) electrons. The van der Waals surface area contributed by atoms with Crippen LogP contribution in [0.2, 0.25) is 5.02 Å². The molecule has 1 saturated carbocycles. The zero-order chi connectivity index (χ0) is 12.7. The minimum absolute atomic E-state index is 0.750. The SMILES string of the molecule is CC1CCCC1Cn1c(=S)[nH]c2cc(Cl)ccc21. The van der Waals surface area contributed by atoms with Gasteiger partial charge in [-0.05, 0) is 48.7 Å². The molecule has 1 aliphatic carbocycles. The van der Waals surface area contributed by atoms with Crippen LogP contribution in [-0.2, 0) is 6.54 Å². The molecule has 0 bridgehead atoms. The fourth-order valence-electron chi connectivity index (χ4n) is 3.05. The number of nitrogens with one attached hydrogen (secondary N) is 1. The number of hydrogen-bond acceptors (Lipinski definition) is 1. The average Bonchev–Trinajstić information content (AvgIpc) is 2.85. The first-order chi connectivity index (χ1) is 8.65. The Morgan fingerprint density at radius 2 is 2.28 bits per heavy atom. The monoisotopic (exact) mass is 280 g/mol. The van der Waals surface area contributed by atoms with Crippen LogP contribution in [0.15, 0.2) is 18.2 Å². The molecule has 96 valence electrons. The van der Waals surface area contributed by atoms with Crippen molar-refractivity contribution in [1.29, 1.82) is 0 Å². The molecule has 4 heteroatoms. The van der Waals surface area contributed by atoms with Crippen molar-refractivity contribution in [3.63, 3.8) is 0 Å². The fraction of sp³-hybridized carbons (Fsp3) is 0.500. The summed E-state index contributed by atoms with van der Waals surface area (Å²) in [4.78, 5) is 3.25. The quantitative estimate of drug-likeness (QED) is 0.785. The standard InChI is InChI=1S/C14H17ClN2S/c1-9-3-2-4-10(9)8-17-13-6-5-11(15)7-12(13)16-14(17)18/h5-7,9-10H,2-4,8H2,1H3,(H,16,18). The number of halogens is 1. The molecule has 1 aromatic heterocycles. The van der Waals surface area contributed by atoms with E-state index in [1.54, 1.807) is 0 Å². The van der Waals surface area contributed by atoms with Gasteiger partial charge in [-0.3, -0.25) is 0 Å². The van der Waals surface area contributed by atoms with Gasteiger partial charge in [0.25, 0.3) is 0 Å². The third-order valence-electron chi connectivity index (χ3n) is 4.19. The Kier molecular flexibility index (Phi) is 3.20. The van der Waals surface area contributed by atoms with Crippen molar-refractivity contribution in [2.75, 3.05) is 0 Å². The molecule has 1 heterocycles. The molecule has 1 aromatic carbocycles. The summed E-state index contributed by atoms with van der Waals surface area (Å²) >= 11 is 11.4. The van der Waals surface area contributed by atoms with Crippen molar-refractivity contribution in [1.82, 2.24) is 9.55 Å². The first-order valence-corrected chi connectivity index (χ1v) is 7.32. The van der Waals surface area contributed by atoms with E-state index in [2.05, 4.69) is 22.5 Å². The van der Waals surface area contributed by atoms with Crippen LogP contribution in [0.5, 0.6) is 0 Å². The van der Waals surface area contributed by atoms with Crippen LogP contribution in [0.3, 0.4) is 0 Å². The van der Waals surface area contributed by atoms with Crippen molar-refractivity contribution in [3.05, 3.63) is 28.0 Å². The van der Waals surface area contributed by atoms with Gasteiger partial charge in [-0.15, -0.1) is 0 Å². The highest BCUT2D eigenvalue weighted by atomic mass is 35.5. The summed E-state index contributed by atoms with van der Waals surface area (Å²) < 4.78 is 3.04. The van der Waals surface area contributed by atoms with Crippen LogP contribution >= 0.6 is 23.8 Å². The van der Waals surface area contributed by atoms with Crippen LogP contribution in [0.4, 0.5) is 0 Å². The molecule has 2 aromatic rings. The predicted octanol–water partition coefficient (Wildman–Crippen LogP) is 4.79. The number of fused-ring (bicyclic) bond motifs is 1. The molecule has 0 amide bonds. The molecular weight excluding hydrogens is 264 g/mol. The maximum Gasteiger partial charge on any atom is 0.178 e. The number of nitrogens with zero attached hydrogens (tertiary/aromatic N) is 1. The van der Waals surface area contributed by atoms with Crippen molar-refractivity contribution in [3.8, 4) is 0 Å². The van der Waals surface area contributed by atoms with E-state index in [0.29, 0.717) is 0 Å². The summed E-state index contributed by atoms with van der Waals surface area (Å²) in [6.45, 7) is 3.38. The number of aromatic amines is 1. The molecule has 3 rings (SSSR count). The molecule has 0 spiro atoms. The van der Waals surface area contributed by atoms with E-state index < -0.39 is 0 Å². The normalized spacial score (nSPS) is 23.9. The number of imidazole rings is 1. The Morgan fingerprint density at radius 3 is 3.00 bits per heavy atom. The first kappa shape index (κ1) is 12.2. The second kappa shape index (κ2) is 4.71. The van der Waals surface area contributed by atoms with Gasteiger partial charge >= 0.3 is 0 Å². The summed E-state index contributed by atoms with van der Waals surface area (Å²) in [5.41, 5.74) is 2.21. The van der Waals surface area contributed by atoms with Crippen molar-refractivity contribution in [2.45, 2.75) is 32.7 Å². The molecule has 1 aliphatic rings. The molecule has 1 N–H and O–H groups in total. The summed E-state index contributed by atoms with van der Waals surface area (Å²) in [5.74, 6) is 1.57. The van der Waals surface area contributed by atoms with Gasteiger partial charge in [0.15, 0.2) is 4.77 Å². The lowest BCUT2D eigenvalue weighted by Crippen LogP contribution is -2.13. The number of rotatable bonds is 2. The second-order valence-corrected chi connectivity index (χ2v) is 6.19. The minimum Gasteiger partial charge on any atom is -0.331 e. The Hall–Kier alpha value is -0.800. The molecule has 0 saturated heterocycles. The lowest BCUT2D eigenvalue weighted by Gasteiger charge is -2.16. The fourth-order valence-corrected chi connectivity index (χ4v) is 3.50. The number of aromatic nitrogens is 2. The van der Waals surface area contributed by atoms with Crippen LogP contribution in [0.1, 0.15) is 26.2 Å². The summed E-state index contributed by atoms with van der Waals surface area (Å²) in [5, 5.41) is 0.750. The third-order valence-corrected chi connectivity index (χ3v) is 4.75. The van der Waals surface area contributed by atoms with Crippen molar-refractivity contribution < 1.29 is 0 Å². The van der Waals surface area contributed by atoms with E-state index in [9.17, 15) is 0 Å². The van der Waals surface area contributed by atoms with E-state index in [0.717, 1.165) is 33.7 Å². The van der Waals surface area contributed by atoms with Gasteiger partial charge in [-0.2, -0.15) is 0 Å². The number of H-pyrrole nitrogens is 1. The number of hydrogen-bond donors (Lipinski definition) is 1. The lowest BCUT2D eigenvalue weighted by molar-refractivity contribution is 0.366. The Labute approximate surface area is 117 Å². The predicted molar refractivity (Wildman–Crippen MR) is 78.6 cm³/mol. The molecule has 2 unspecified atom stereocenters. The van der Waals surface area contributed by atoms with Crippen LogP contribution in [0, 0.1) is 16.6 Å². The highest BCUT2D eigenvalue weighted by Crippen LogP contribution is 2.33. The highest BCUT2D eigenvalue weighted by molar-refractivity contribution is 7.71. The first-order valence-electron chi connectivity index (χ1n) is 6.53. The van der Waals surface area contributed by atoms with E-state index >= 15 is 0 Å². The average molecular weight is 281 g/mol. The van der Waals surface area contributed by atoms with E-state index in [4.69, 9.17) is 23.8 Å². The van der Waals surface area contributed by atoms with Crippen LogP contribution in [0.25, 0.3) is 11.0 Å². The Morgan fingerprint density at radius 1 is 1.44 bits per heavy atom. The van der Waals surface area contributed by atoms with Crippen LogP contribution in [-0.4, -0.2) is 9.55 Å². The van der Waals surface area contributed by atoms with Gasteiger partial charge in [0.1, 0.15) is 0 Å². The number of benzene rings is 1. The van der Waals surface area contributed by atoms with Crippen molar-refractivity contribution >= 4 is 34.9 Å². The molecule has 18 heavy (non-hydrogen) atoms. The van der Waals surface area contributed by atoms with Gasteiger partial charge in [-0.1, -0.05) is 31.4 Å². The maximum atomic E-state index is 6.01. The largest absolute Gasteiger partial charge is 0.331 e. The maximum absolute atomic E-state index is 6.01. The van der Waals surface area contributed by atoms with E-state index in [-0.39, 0.29) is 0 Å². The smallest absolute Gasteiger partial charge is 0.178 e. The van der Waals surface area contributed by atoms with Gasteiger partial charge < -0.3 is 9.55 Å². The van der Waals surface area contributed by atoms with Gasteiger partial charge in [0, 0.05) is 11.6 Å². The zero-order valence-electron chi connectivity index (χ0n) is 10.4. The van der Waals surface area contributed by atoms with Crippen molar-refractivity contribution in [2.24, 2.45) is 11.8 Å². The highest BCUT2D eigenvalue weighted by Gasteiger charge is 2.24. The second-order valence-electron chi connectivity index (χ2n) is 5.37. The lowest BCUT2D eigenvalue weighted by atomic mass is 9.98. The minimum atomic E-state index is 0.750. The third kappa shape index (κ3) is 2.10. The summed E-state index contributed by atoms with van der Waals surface area (Å²) in [6.07, 6.45) is 4.03. The molecule has 2 nitrogen and oxygen atoms in total. The van der Waals surface area contributed by atoms with E-state index in [1.165, 1.54) is 24.8 Å². The van der Waals surface area contributed by atoms with Gasteiger partial charge in [-0.25, -0.2) is 0 Å². The zero-order valence-corrected chi connectivity index (χ0v) is 12.0. The Balaban J connectivity index is 2.01. The van der Waals surface area contributed by atoms with Crippen LogP contribution < -0.4 is 0 Å². The van der Waals surface area contributed by atoms with Gasteiger partial charge in [0.05, 0.1) is 11.0 Å². The van der Waals surface area contributed by atoms with E-state index in [1.807, 2.05) is 12.1 Å². The molecule has 1 fully saturated rings. The molecule has 0 aliphatic heterocycles. The van der Waals surface area contributed by atoms with Gasteiger partial charge in [0.2, 0.25) is 0 Å². The molecule has 2 atom stereocenters. The Bertz CT molecular complexity index is 628.